The number of nitrogens with zero attached hydrogens (tertiary/aromatic N) is 1. The lowest BCUT2D eigenvalue weighted by atomic mass is 10.0. The van der Waals surface area contributed by atoms with E-state index in [9.17, 15) is 4.79 Å². The first kappa shape index (κ1) is 20.6. The minimum atomic E-state index is -0.350. The number of nitrogens with two attached hydrogens (primary N) is 1. The number of rotatable bonds is 4. The van der Waals surface area contributed by atoms with Crippen molar-refractivity contribution in [3.63, 3.8) is 0 Å². The van der Waals surface area contributed by atoms with Crippen molar-refractivity contribution in [2.75, 3.05) is 11.1 Å². The molecular weight excluding hydrogens is 465 g/mol. The Morgan fingerprint density at radius 2 is 1.81 bits per heavy atom. The molecule has 0 aliphatic heterocycles. The van der Waals surface area contributed by atoms with Gasteiger partial charge < -0.3 is 15.5 Å². The molecule has 158 valence electrons. The molecule has 3 N–H and O–H groups in total. The second kappa shape index (κ2) is 8.31. The third-order valence-corrected chi connectivity index (χ3v) is 6.63. The van der Waals surface area contributed by atoms with Gasteiger partial charge in [0.15, 0.2) is 0 Å². The van der Waals surface area contributed by atoms with E-state index in [0.29, 0.717) is 42.3 Å². The average molecular weight is 480 g/mol. The highest BCUT2D eigenvalue weighted by Gasteiger charge is 2.23. The SMILES string of the molecule is Nc1c(C(=O)Nc2ccccc2Cl)sc2nc(-c3ccc(Cl)cc3)cc(-c3ccco3)c12. The standard InChI is InChI=1S/C24H15Cl2N3O2S/c25-14-9-7-13(8-10-14)18-12-15(19-6-3-11-31-19)20-21(27)22(32-24(20)29-18)23(30)28-17-5-2-1-4-16(17)26/h1-12H,27H2,(H,28,30). The van der Waals surface area contributed by atoms with Gasteiger partial charge in [-0.15, -0.1) is 11.3 Å². The number of para-hydroxylation sites is 1. The predicted molar refractivity (Wildman–Crippen MR) is 132 cm³/mol. The van der Waals surface area contributed by atoms with Crippen LogP contribution in [0.3, 0.4) is 0 Å². The van der Waals surface area contributed by atoms with Crippen LogP contribution in [0.1, 0.15) is 9.67 Å². The molecule has 3 heterocycles. The summed E-state index contributed by atoms with van der Waals surface area (Å²) in [6.07, 6.45) is 1.59. The second-order valence-corrected chi connectivity index (χ2v) is 8.84. The van der Waals surface area contributed by atoms with Crippen LogP contribution < -0.4 is 11.1 Å². The van der Waals surface area contributed by atoms with Gasteiger partial charge in [-0.1, -0.05) is 47.5 Å². The summed E-state index contributed by atoms with van der Waals surface area (Å²) in [6, 6.07) is 20.0. The van der Waals surface area contributed by atoms with Gasteiger partial charge in [0.1, 0.15) is 15.5 Å². The second-order valence-electron chi connectivity index (χ2n) is 7.00. The number of thiophene rings is 1. The predicted octanol–water partition coefficient (Wildman–Crippen LogP) is 7.36. The van der Waals surface area contributed by atoms with Gasteiger partial charge in [-0.2, -0.15) is 0 Å². The number of hydrogen-bond acceptors (Lipinski definition) is 5. The molecule has 0 fully saturated rings. The summed E-state index contributed by atoms with van der Waals surface area (Å²) in [7, 11) is 0. The summed E-state index contributed by atoms with van der Waals surface area (Å²) in [5, 5.41) is 4.59. The number of nitrogen functional groups attached to an aromatic ring is 1. The number of carbonyl (C=O) groups is 1. The number of nitrogens with one attached hydrogen (secondary N) is 1. The van der Waals surface area contributed by atoms with E-state index in [4.69, 9.17) is 38.3 Å². The summed E-state index contributed by atoms with van der Waals surface area (Å²) >= 11 is 13.5. The normalized spacial score (nSPS) is 11.1. The van der Waals surface area contributed by atoms with Crippen molar-refractivity contribution in [2.45, 2.75) is 0 Å². The lowest BCUT2D eigenvalue weighted by Gasteiger charge is -2.07. The number of aromatic nitrogens is 1. The minimum absolute atomic E-state index is 0.344. The van der Waals surface area contributed by atoms with Crippen LogP contribution in [0.15, 0.2) is 77.4 Å². The topological polar surface area (TPSA) is 81.2 Å². The Morgan fingerprint density at radius 3 is 2.53 bits per heavy atom. The first-order valence-electron chi connectivity index (χ1n) is 9.60. The third-order valence-electron chi connectivity index (χ3n) is 4.95. The minimum Gasteiger partial charge on any atom is -0.464 e. The van der Waals surface area contributed by atoms with Crippen molar-refractivity contribution >= 4 is 62.0 Å². The number of fused-ring (bicyclic) bond motifs is 1. The van der Waals surface area contributed by atoms with E-state index in [0.717, 1.165) is 16.8 Å². The van der Waals surface area contributed by atoms with Crippen molar-refractivity contribution in [3.05, 3.63) is 87.9 Å². The maximum atomic E-state index is 13.0. The molecule has 8 heteroatoms. The van der Waals surface area contributed by atoms with E-state index in [1.807, 2.05) is 24.3 Å². The van der Waals surface area contributed by atoms with Gasteiger partial charge >= 0.3 is 0 Å². The summed E-state index contributed by atoms with van der Waals surface area (Å²) in [4.78, 5) is 18.8. The molecule has 0 aliphatic carbocycles. The summed E-state index contributed by atoms with van der Waals surface area (Å²) in [5.41, 5.74) is 9.69. The third kappa shape index (κ3) is 3.73. The van der Waals surface area contributed by atoms with Crippen molar-refractivity contribution in [2.24, 2.45) is 0 Å². The molecule has 3 aromatic heterocycles. The zero-order valence-electron chi connectivity index (χ0n) is 16.4. The molecule has 0 aliphatic rings. The van der Waals surface area contributed by atoms with Crippen LogP contribution in [0.5, 0.6) is 0 Å². The fraction of sp³-hybridized carbons (Fsp3) is 0. The first-order valence-corrected chi connectivity index (χ1v) is 11.2. The van der Waals surface area contributed by atoms with E-state index in [-0.39, 0.29) is 5.91 Å². The number of anilines is 2. The van der Waals surface area contributed by atoms with Crippen molar-refractivity contribution in [1.82, 2.24) is 4.98 Å². The zero-order valence-corrected chi connectivity index (χ0v) is 18.8. The molecule has 0 radical (unpaired) electrons. The molecule has 1 amide bonds. The molecule has 0 saturated carbocycles. The lowest BCUT2D eigenvalue weighted by Crippen LogP contribution is -2.12. The van der Waals surface area contributed by atoms with Crippen molar-refractivity contribution in [1.29, 1.82) is 0 Å². The van der Waals surface area contributed by atoms with Gasteiger partial charge in [-0.3, -0.25) is 4.79 Å². The molecule has 5 aromatic rings. The van der Waals surface area contributed by atoms with E-state index >= 15 is 0 Å². The average Bonchev–Trinajstić information content (AvgIpc) is 3.44. The van der Waals surface area contributed by atoms with Crippen LogP contribution in [0, 0.1) is 0 Å². The summed E-state index contributed by atoms with van der Waals surface area (Å²) in [6.45, 7) is 0. The van der Waals surface area contributed by atoms with Crippen molar-refractivity contribution < 1.29 is 9.21 Å². The number of pyridine rings is 1. The molecule has 2 aromatic carbocycles. The highest BCUT2D eigenvalue weighted by atomic mass is 35.5. The first-order chi connectivity index (χ1) is 15.5. The van der Waals surface area contributed by atoms with Gasteiger partial charge in [0, 0.05) is 21.5 Å². The molecule has 0 unspecified atom stereocenters. The maximum Gasteiger partial charge on any atom is 0.267 e. The van der Waals surface area contributed by atoms with Gasteiger partial charge in [-0.25, -0.2) is 4.98 Å². The molecule has 0 bridgehead atoms. The monoisotopic (exact) mass is 479 g/mol. The summed E-state index contributed by atoms with van der Waals surface area (Å²) < 4.78 is 5.66. The number of furan rings is 1. The van der Waals surface area contributed by atoms with Gasteiger partial charge in [0.05, 0.1) is 28.4 Å². The van der Waals surface area contributed by atoms with Crippen LogP contribution in [0.25, 0.3) is 32.8 Å². The number of carbonyl (C=O) groups excluding carboxylic acids is 1. The molecular formula is C24H15Cl2N3O2S. The quantitative estimate of drug-likeness (QED) is 0.282. The molecule has 0 saturated heterocycles. The van der Waals surface area contributed by atoms with E-state index < -0.39 is 0 Å². The molecule has 32 heavy (non-hydrogen) atoms. The fourth-order valence-corrected chi connectivity index (χ4v) is 4.75. The highest BCUT2D eigenvalue weighted by molar-refractivity contribution is 7.21. The Hall–Kier alpha value is -3.32. The molecule has 5 rings (SSSR count). The van der Waals surface area contributed by atoms with E-state index in [1.165, 1.54) is 11.3 Å². The zero-order chi connectivity index (χ0) is 22.2. The van der Waals surface area contributed by atoms with Crippen LogP contribution in [0.2, 0.25) is 10.0 Å². The largest absolute Gasteiger partial charge is 0.464 e. The van der Waals surface area contributed by atoms with Crippen molar-refractivity contribution in [3.8, 4) is 22.6 Å². The molecule has 0 atom stereocenters. The molecule has 5 nitrogen and oxygen atoms in total. The molecule has 0 spiro atoms. The van der Waals surface area contributed by atoms with Crippen LogP contribution >= 0.6 is 34.5 Å². The summed E-state index contributed by atoms with van der Waals surface area (Å²) in [5.74, 6) is 0.284. The fourth-order valence-electron chi connectivity index (χ4n) is 3.43. The Balaban J connectivity index is 1.66. The number of halogens is 2. The Morgan fingerprint density at radius 1 is 1.03 bits per heavy atom. The Labute approximate surface area is 197 Å². The van der Waals surface area contributed by atoms with Gasteiger partial charge in [0.2, 0.25) is 0 Å². The number of hydrogen-bond donors (Lipinski definition) is 2. The smallest absolute Gasteiger partial charge is 0.267 e. The van der Waals surface area contributed by atoms with Gasteiger partial charge in [-0.05, 0) is 42.5 Å². The maximum absolute atomic E-state index is 13.0. The van der Waals surface area contributed by atoms with Crippen LogP contribution in [-0.2, 0) is 0 Å². The van der Waals surface area contributed by atoms with Gasteiger partial charge in [0.25, 0.3) is 5.91 Å². The van der Waals surface area contributed by atoms with E-state index in [2.05, 4.69) is 5.32 Å². The Kier molecular flexibility index (Phi) is 5.35. The highest BCUT2D eigenvalue weighted by Crippen LogP contribution is 2.42. The van der Waals surface area contributed by atoms with Crippen LogP contribution in [0.4, 0.5) is 11.4 Å². The number of benzene rings is 2. The number of amides is 1. The Bertz CT molecular complexity index is 1440. The van der Waals surface area contributed by atoms with E-state index in [1.54, 1.807) is 48.7 Å². The van der Waals surface area contributed by atoms with Crippen LogP contribution in [-0.4, -0.2) is 10.9 Å². The lowest BCUT2D eigenvalue weighted by molar-refractivity contribution is 0.103.